The average Bonchev–Trinajstić information content (AvgIpc) is 2.39. The molecule has 20 heavy (non-hydrogen) atoms. The number of hydrogen-bond donors (Lipinski definition) is 1. The fourth-order valence-electron chi connectivity index (χ4n) is 2.18. The first-order valence-electron chi connectivity index (χ1n) is 6.79. The van der Waals surface area contributed by atoms with Gasteiger partial charge in [-0.1, -0.05) is 28.1 Å². The number of anilines is 1. The number of nitrogens with one attached hydrogen (secondary N) is 1. The van der Waals surface area contributed by atoms with Crippen molar-refractivity contribution in [1.82, 2.24) is 9.78 Å². The second-order valence-electron chi connectivity index (χ2n) is 5.14. The first-order chi connectivity index (χ1) is 9.70. The van der Waals surface area contributed by atoms with Gasteiger partial charge in [-0.2, -0.15) is 5.10 Å². The van der Waals surface area contributed by atoms with E-state index in [4.69, 9.17) is 0 Å². The molecule has 1 aliphatic rings. The van der Waals surface area contributed by atoms with E-state index in [0.29, 0.717) is 12.6 Å². The summed E-state index contributed by atoms with van der Waals surface area (Å²) >= 11 is 3.40. The maximum absolute atomic E-state index is 12.1. The Morgan fingerprint density at radius 3 is 2.65 bits per heavy atom. The zero-order valence-electron chi connectivity index (χ0n) is 11.1. The van der Waals surface area contributed by atoms with E-state index in [1.165, 1.54) is 23.9 Å². The summed E-state index contributed by atoms with van der Waals surface area (Å²) in [5.74, 6) is 0. The first-order valence-corrected chi connectivity index (χ1v) is 7.58. The van der Waals surface area contributed by atoms with Gasteiger partial charge in [0.05, 0.1) is 18.4 Å². The van der Waals surface area contributed by atoms with Crippen LogP contribution in [-0.4, -0.2) is 15.8 Å². The van der Waals surface area contributed by atoms with Gasteiger partial charge >= 0.3 is 0 Å². The van der Waals surface area contributed by atoms with E-state index in [1.807, 2.05) is 24.3 Å². The van der Waals surface area contributed by atoms with E-state index in [1.54, 1.807) is 12.3 Å². The topological polar surface area (TPSA) is 46.9 Å². The highest BCUT2D eigenvalue weighted by molar-refractivity contribution is 9.10. The summed E-state index contributed by atoms with van der Waals surface area (Å²) in [6.45, 7) is 0.496. The number of benzene rings is 1. The lowest BCUT2D eigenvalue weighted by molar-refractivity contribution is 0.445. The average molecular weight is 334 g/mol. The monoisotopic (exact) mass is 333 g/mol. The van der Waals surface area contributed by atoms with Crippen molar-refractivity contribution in [2.45, 2.75) is 31.8 Å². The highest BCUT2D eigenvalue weighted by Gasteiger charge is 2.17. The standard InChI is InChI=1S/C15H16BrN3O/c16-12-6-4-11(5-7-12)10-19-15(20)8-14(9-17-19)18-13-2-1-3-13/h4-9,13,18H,1-3,10H2. The Balaban J connectivity index is 1.73. The molecule has 0 unspecified atom stereocenters. The Bertz CT molecular complexity index is 647. The molecule has 1 fully saturated rings. The Kier molecular flexibility index (Phi) is 3.87. The molecular formula is C15H16BrN3O. The predicted molar refractivity (Wildman–Crippen MR) is 83.0 cm³/mol. The van der Waals surface area contributed by atoms with Gasteiger partial charge in [0.1, 0.15) is 0 Å². The van der Waals surface area contributed by atoms with Crippen LogP contribution in [0.5, 0.6) is 0 Å². The van der Waals surface area contributed by atoms with E-state index in [0.717, 1.165) is 15.7 Å². The van der Waals surface area contributed by atoms with Crippen LogP contribution in [0.2, 0.25) is 0 Å². The molecule has 2 aromatic rings. The maximum Gasteiger partial charge on any atom is 0.269 e. The SMILES string of the molecule is O=c1cc(NC2CCC2)cnn1Cc1ccc(Br)cc1. The summed E-state index contributed by atoms with van der Waals surface area (Å²) in [6, 6.07) is 10.0. The Hall–Kier alpha value is -1.62. The summed E-state index contributed by atoms with van der Waals surface area (Å²) in [7, 11) is 0. The van der Waals surface area contributed by atoms with Crippen molar-refractivity contribution in [3.05, 3.63) is 56.9 Å². The minimum atomic E-state index is -0.0720. The van der Waals surface area contributed by atoms with Crippen LogP contribution in [0, 0.1) is 0 Å². The minimum absolute atomic E-state index is 0.0720. The van der Waals surface area contributed by atoms with Crippen molar-refractivity contribution in [3.63, 3.8) is 0 Å². The summed E-state index contributed by atoms with van der Waals surface area (Å²) in [4.78, 5) is 12.1. The molecule has 0 atom stereocenters. The molecule has 0 bridgehead atoms. The van der Waals surface area contributed by atoms with E-state index in [2.05, 4.69) is 26.3 Å². The van der Waals surface area contributed by atoms with Crippen LogP contribution < -0.4 is 10.9 Å². The fourth-order valence-corrected chi connectivity index (χ4v) is 2.45. The maximum atomic E-state index is 12.1. The molecule has 0 aliphatic heterocycles. The molecule has 1 heterocycles. The molecule has 1 saturated carbocycles. The van der Waals surface area contributed by atoms with Crippen molar-refractivity contribution in [2.24, 2.45) is 0 Å². The fraction of sp³-hybridized carbons (Fsp3) is 0.333. The third kappa shape index (κ3) is 3.10. The second kappa shape index (κ2) is 5.79. The Morgan fingerprint density at radius 1 is 1.30 bits per heavy atom. The van der Waals surface area contributed by atoms with Crippen molar-refractivity contribution >= 4 is 21.6 Å². The first kappa shape index (κ1) is 13.4. The third-order valence-corrected chi connectivity index (χ3v) is 4.12. The molecule has 0 spiro atoms. The summed E-state index contributed by atoms with van der Waals surface area (Å²) < 4.78 is 2.51. The van der Waals surface area contributed by atoms with Gasteiger partial charge < -0.3 is 5.32 Å². The molecular weight excluding hydrogens is 318 g/mol. The molecule has 0 saturated heterocycles. The number of hydrogen-bond acceptors (Lipinski definition) is 3. The zero-order valence-corrected chi connectivity index (χ0v) is 12.6. The normalized spacial score (nSPS) is 14.8. The quantitative estimate of drug-likeness (QED) is 0.935. The lowest BCUT2D eigenvalue weighted by Crippen LogP contribution is -2.29. The molecule has 4 nitrogen and oxygen atoms in total. The van der Waals surface area contributed by atoms with Gasteiger partial charge in [-0.15, -0.1) is 0 Å². The Labute approximate surface area is 126 Å². The van der Waals surface area contributed by atoms with E-state index in [-0.39, 0.29) is 5.56 Å². The molecule has 0 amide bonds. The summed E-state index contributed by atoms with van der Waals surface area (Å²) in [6.07, 6.45) is 5.37. The van der Waals surface area contributed by atoms with Crippen LogP contribution >= 0.6 is 15.9 Å². The van der Waals surface area contributed by atoms with Gasteiger partial charge in [0.25, 0.3) is 5.56 Å². The number of halogens is 1. The number of aromatic nitrogens is 2. The van der Waals surface area contributed by atoms with Crippen molar-refractivity contribution in [2.75, 3.05) is 5.32 Å². The van der Waals surface area contributed by atoms with Gasteiger partial charge in [0.2, 0.25) is 0 Å². The predicted octanol–water partition coefficient (Wildman–Crippen LogP) is 3.02. The van der Waals surface area contributed by atoms with Crippen LogP contribution in [0.15, 0.2) is 45.8 Å². The van der Waals surface area contributed by atoms with Gasteiger partial charge in [-0.3, -0.25) is 4.79 Å². The van der Waals surface area contributed by atoms with Gasteiger partial charge in [-0.25, -0.2) is 4.68 Å². The van der Waals surface area contributed by atoms with E-state index >= 15 is 0 Å². The zero-order chi connectivity index (χ0) is 13.9. The highest BCUT2D eigenvalue weighted by atomic mass is 79.9. The van der Waals surface area contributed by atoms with Crippen molar-refractivity contribution in [1.29, 1.82) is 0 Å². The summed E-state index contributed by atoms with van der Waals surface area (Å²) in [5.41, 5.74) is 1.81. The molecule has 1 aromatic heterocycles. The third-order valence-electron chi connectivity index (χ3n) is 3.59. The van der Waals surface area contributed by atoms with Crippen molar-refractivity contribution in [3.8, 4) is 0 Å². The van der Waals surface area contributed by atoms with Crippen LogP contribution in [0.25, 0.3) is 0 Å². The van der Waals surface area contributed by atoms with Crippen LogP contribution in [0.1, 0.15) is 24.8 Å². The number of rotatable bonds is 4. The van der Waals surface area contributed by atoms with E-state index in [9.17, 15) is 4.79 Å². The van der Waals surface area contributed by atoms with Gasteiger partial charge in [0, 0.05) is 16.6 Å². The smallest absolute Gasteiger partial charge is 0.269 e. The van der Waals surface area contributed by atoms with E-state index < -0.39 is 0 Å². The van der Waals surface area contributed by atoms with Crippen LogP contribution in [0.3, 0.4) is 0 Å². The Morgan fingerprint density at radius 2 is 2.05 bits per heavy atom. The molecule has 104 valence electrons. The second-order valence-corrected chi connectivity index (χ2v) is 6.05. The molecule has 5 heteroatoms. The summed E-state index contributed by atoms with van der Waals surface area (Å²) in [5, 5.41) is 7.57. The lowest BCUT2D eigenvalue weighted by atomic mass is 9.93. The largest absolute Gasteiger partial charge is 0.381 e. The minimum Gasteiger partial charge on any atom is -0.381 e. The van der Waals surface area contributed by atoms with Gasteiger partial charge in [-0.05, 0) is 37.0 Å². The molecule has 1 aliphatic carbocycles. The van der Waals surface area contributed by atoms with Crippen LogP contribution in [0.4, 0.5) is 5.69 Å². The molecule has 1 aromatic carbocycles. The molecule has 1 N–H and O–H groups in total. The lowest BCUT2D eigenvalue weighted by Gasteiger charge is -2.27. The molecule has 0 radical (unpaired) electrons. The van der Waals surface area contributed by atoms with Gasteiger partial charge in [0.15, 0.2) is 0 Å². The molecule has 3 rings (SSSR count). The van der Waals surface area contributed by atoms with Crippen molar-refractivity contribution < 1.29 is 0 Å². The highest BCUT2D eigenvalue weighted by Crippen LogP contribution is 2.22. The number of nitrogens with zero attached hydrogens (tertiary/aromatic N) is 2. The van der Waals surface area contributed by atoms with Crippen LogP contribution in [-0.2, 0) is 6.54 Å².